The van der Waals surface area contributed by atoms with Crippen molar-refractivity contribution in [1.29, 1.82) is 0 Å². The lowest BCUT2D eigenvalue weighted by atomic mass is 9.79. The molecule has 2 atom stereocenters. The van der Waals surface area contributed by atoms with Gasteiger partial charge in [0.1, 0.15) is 11.4 Å². The van der Waals surface area contributed by atoms with Crippen LogP contribution in [0.2, 0.25) is 0 Å². The maximum absolute atomic E-state index is 11.9. The smallest absolute Gasteiger partial charge is 0.341 e. The summed E-state index contributed by atoms with van der Waals surface area (Å²) in [6.45, 7) is 1.37. The number of aliphatic hydroxyl groups excluding tert-OH is 1. The summed E-state index contributed by atoms with van der Waals surface area (Å²) < 4.78 is 4.85. The molecule has 0 aromatic carbocycles. The third-order valence-corrected chi connectivity index (χ3v) is 5.57. The van der Waals surface area contributed by atoms with Crippen LogP contribution >= 0.6 is 0 Å². The van der Waals surface area contributed by atoms with E-state index in [-0.39, 0.29) is 12.1 Å². The summed E-state index contributed by atoms with van der Waals surface area (Å²) in [5.41, 5.74) is 0.470. The molecule has 2 heterocycles. The number of carbonyl (C=O) groups excluding carboxylic acids is 1. The second kappa shape index (κ2) is 7.97. The molecule has 1 saturated heterocycles. The highest BCUT2D eigenvalue weighted by Crippen LogP contribution is 2.34. The van der Waals surface area contributed by atoms with Crippen LogP contribution in [0.1, 0.15) is 55.3 Å². The average molecular weight is 332 g/mol. The van der Waals surface area contributed by atoms with E-state index in [2.05, 4.69) is 4.98 Å². The van der Waals surface area contributed by atoms with Crippen LogP contribution in [0.15, 0.2) is 18.3 Å². The van der Waals surface area contributed by atoms with Gasteiger partial charge in [0.25, 0.3) is 0 Å². The first-order valence-electron chi connectivity index (χ1n) is 9.15. The second-order valence-corrected chi connectivity index (χ2v) is 7.17. The Bertz CT molecular complexity index is 557. The first-order valence-corrected chi connectivity index (χ1v) is 9.15. The van der Waals surface area contributed by atoms with E-state index in [9.17, 15) is 9.90 Å². The summed E-state index contributed by atoms with van der Waals surface area (Å²) in [7, 11) is 1.38. The van der Waals surface area contributed by atoms with E-state index < -0.39 is 0 Å². The number of pyridine rings is 1. The maximum Gasteiger partial charge on any atom is 0.341 e. The van der Waals surface area contributed by atoms with Crippen molar-refractivity contribution in [2.45, 2.75) is 51.0 Å². The molecule has 2 fully saturated rings. The lowest BCUT2D eigenvalue weighted by Crippen LogP contribution is -2.45. The molecule has 0 amide bonds. The molecule has 5 nitrogen and oxygen atoms in total. The zero-order valence-electron chi connectivity index (χ0n) is 14.5. The molecule has 1 aliphatic carbocycles. The summed E-state index contributed by atoms with van der Waals surface area (Å²) in [5.74, 6) is 1.40. The van der Waals surface area contributed by atoms with Crippen LogP contribution in [0.3, 0.4) is 0 Å². The van der Waals surface area contributed by atoms with Crippen molar-refractivity contribution in [3.63, 3.8) is 0 Å². The Morgan fingerprint density at radius 3 is 2.83 bits per heavy atom. The fraction of sp³-hybridized carbons (Fsp3) is 0.684. The van der Waals surface area contributed by atoms with Gasteiger partial charge in [0.05, 0.1) is 13.2 Å². The Balaban J connectivity index is 1.64. The molecule has 1 aromatic heterocycles. The third kappa shape index (κ3) is 3.89. The van der Waals surface area contributed by atoms with E-state index in [1.807, 2.05) is 4.90 Å². The van der Waals surface area contributed by atoms with Gasteiger partial charge in [-0.1, -0.05) is 32.1 Å². The monoisotopic (exact) mass is 332 g/mol. The lowest BCUT2D eigenvalue weighted by Gasteiger charge is -2.39. The Kier molecular flexibility index (Phi) is 5.72. The number of aliphatic hydroxyl groups is 1. The molecule has 0 bridgehead atoms. The Morgan fingerprint density at radius 1 is 1.33 bits per heavy atom. The molecular weight excluding hydrogens is 304 g/mol. The summed E-state index contributed by atoms with van der Waals surface area (Å²) in [6, 6.07) is 3.47. The van der Waals surface area contributed by atoms with Crippen LogP contribution in [0, 0.1) is 11.8 Å². The van der Waals surface area contributed by atoms with Gasteiger partial charge in [0, 0.05) is 19.3 Å². The van der Waals surface area contributed by atoms with E-state index in [0.717, 1.165) is 25.3 Å². The average Bonchev–Trinajstić information content (AvgIpc) is 2.63. The predicted molar refractivity (Wildman–Crippen MR) is 93.1 cm³/mol. The van der Waals surface area contributed by atoms with Gasteiger partial charge in [0.2, 0.25) is 0 Å². The van der Waals surface area contributed by atoms with Gasteiger partial charge in [-0.2, -0.15) is 0 Å². The number of anilines is 1. The SMILES string of the molecule is COC(=O)c1cccnc1N1CCC(CC2CCCCC2)C(O)C1. The van der Waals surface area contributed by atoms with Crippen molar-refractivity contribution < 1.29 is 14.6 Å². The summed E-state index contributed by atoms with van der Waals surface area (Å²) in [5, 5.41) is 10.6. The van der Waals surface area contributed by atoms with Crippen molar-refractivity contribution >= 4 is 11.8 Å². The Morgan fingerprint density at radius 2 is 2.12 bits per heavy atom. The number of piperidine rings is 1. The number of aromatic nitrogens is 1. The number of nitrogens with zero attached hydrogens (tertiary/aromatic N) is 2. The van der Waals surface area contributed by atoms with Gasteiger partial charge in [-0.3, -0.25) is 0 Å². The van der Waals surface area contributed by atoms with Crippen LogP contribution in [0.4, 0.5) is 5.82 Å². The van der Waals surface area contributed by atoms with Crippen molar-refractivity contribution in [2.75, 3.05) is 25.1 Å². The highest BCUT2D eigenvalue weighted by Gasteiger charge is 2.32. The second-order valence-electron chi connectivity index (χ2n) is 7.17. The van der Waals surface area contributed by atoms with Crippen molar-refractivity contribution in [1.82, 2.24) is 4.98 Å². The fourth-order valence-corrected chi connectivity index (χ4v) is 4.22. The molecule has 1 N–H and O–H groups in total. The van der Waals surface area contributed by atoms with Crippen molar-refractivity contribution in [3.8, 4) is 0 Å². The van der Waals surface area contributed by atoms with E-state index in [1.165, 1.54) is 39.2 Å². The number of methoxy groups -OCH3 is 1. The number of ether oxygens (including phenoxy) is 1. The minimum Gasteiger partial charge on any atom is -0.465 e. The molecule has 3 rings (SSSR count). The third-order valence-electron chi connectivity index (χ3n) is 5.57. The van der Waals surface area contributed by atoms with Crippen LogP contribution in [-0.4, -0.2) is 42.4 Å². The molecule has 1 saturated carbocycles. The quantitative estimate of drug-likeness (QED) is 0.859. The molecule has 2 aliphatic rings. The van der Waals surface area contributed by atoms with Gasteiger partial charge in [-0.05, 0) is 36.8 Å². The van der Waals surface area contributed by atoms with E-state index >= 15 is 0 Å². The fourth-order valence-electron chi connectivity index (χ4n) is 4.22. The molecule has 1 aliphatic heterocycles. The van der Waals surface area contributed by atoms with Crippen LogP contribution < -0.4 is 4.90 Å². The van der Waals surface area contributed by atoms with Gasteiger partial charge in [-0.15, -0.1) is 0 Å². The maximum atomic E-state index is 11.9. The summed E-state index contributed by atoms with van der Waals surface area (Å²) in [4.78, 5) is 18.3. The first-order chi connectivity index (χ1) is 11.7. The Labute approximate surface area is 144 Å². The zero-order chi connectivity index (χ0) is 16.9. The highest BCUT2D eigenvalue weighted by atomic mass is 16.5. The number of hydrogen-bond acceptors (Lipinski definition) is 5. The van der Waals surface area contributed by atoms with Crippen LogP contribution in [-0.2, 0) is 4.74 Å². The minimum absolute atomic E-state index is 0.354. The molecular formula is C19H28N2O3. The van der Waals surface area contributed by atoms with Crippen molar-refractivity contribution in [3.05, 3.63) is 23.9 Å². The molecule has 24 heavy (non-hydrogen) atoms. The molecule has 0 spiro atoms. The number of esters is 1. The topological polar surface area (TPSA) is 62.7 Å². The number of β-amino-alcohol motifs (C(OH)–C–C–N with tert-alkyl or cyclic N) is 1. The van der Waals surface area contributed by atoms with E-state index in [0.29, 0.717) is 23.8 Å². The molecule has 132 valence electrons. The zero-order valence-corrected chi connectivity index (χ0v) is 14.5. The summed E-state index contributed by atoms with van der Waals surface area (Å²) >= 11 is 0. The van der Waals surface area contributed by atoms with Gasteiger partial charge >= 0.3 is 5.97 Å². The van der Waals surface area contributed by atoms with Gasteiger partial charge in [0.15, 0.2) is 0 Å². The van der Waals surface area contributed by atoms with E-state index in [1.54, 1.807) is 18.3 Å². The first kappa shape index (κ1) is 17.2. The molecule has 0 radical (unpaired) electrons. The van der Waals surface area contributed by atoms with Crippen LogP contribution in [0.25, 0.3) is 0 Å². The lowest BCUT2D eigenvalue weighted by molar-refractivity contribution is 0.0596. The standard InChI is InChI=1S/C19H28N2O3/c1-24-19(23)16-8-5-10-20-18(16)21-11-9-15(17(22)13-21)12-14-6-3-2-4-7-14/h5,8,10,14-15,17,22H,2-4,6-7,9,11-13H2,1H3. The minimum atomic E-state index is -0.378. The van der Waals surface area contributed by atoms with Crippen LogP contribution in [0.5, 0.6) is 0 Å². The molecule has 1 aromatic rings. The number of carbonyl (C=O) groups is 1. The Hall–Kier alpha value is -1.62. The van der Waals surface area contributed by atoms with Crippen molar-refractivity contribution in [2.24, 2.45) is 11.8 Å². The number of rotatable bonds is 4. The predicted octanol–water partition coefficient (Wildman–Crippen LogP) is 3.03. The van der Waals surface area contributed by atoms with Gasteiger partial charge < -0.3 is 14.7 Å². The number of hydrogen-bond donors (Lipinski definition) is 1. The highest BCUT2D eigenvalue weighted by molar-refractivity contribution is 5.94. The molecule has 2 unspecified atom stereocenters. The normalized spacial score (nSPS) is 25.5. The molecule has 5 heteroatoms. The van der Waals surface area contributed by atoms with Gasteiger partial charge in [-0.25, -0.2) is 9.78 Å². The largest absolute Gasteiger partial charge is 0.465 e. The summed E-state index contributed by atoms with van der Waals surface area (Å²) in [6.07, 6.45) is 10.1. The van der Waals surface area contributed by atoms with E-state index in [4.69, 9.17) is 4.74 Å².